The molecule has 0 saturated heterocycles. The van der Waals surface area contributed by atoms with Gasteiger partial charge in [-0.3, -0.25) is 9.98 Å². The van der Waals surface area contributed by atoms with Crippen LogP contribution in [0.2, 0.25) is 0 Å². The molecule has 0 N–H and O–H groups in total. The Morgan fingerprint density at radius 2 is 1.00 bits per heavy atom. The van der Waals surface area contributed by atoms with Gasteiger partial charge in [-0.15, -0.1) is 0 Å². The van der Waals surface area contributed by atoms with Crippen molar-refractivity contribution in [2.24, 2.45) is 4.99 Å². The first kappa shape index (κ1) is 27.9. The van der Waals surface area contributed by atoms with Crippen molar-refractivity contribution in [1.82, 2.24) is 4.98 Å². The van der Waals surface area contributed by atoms with Gasteiger partial charge in [-0.05, 0) is 60.1 Å². The molecule has 2 nitrogen and oxygen atoms in total. The highest BCUT2D eigenvalue weighted by molar-refractivity contribution is 7.79. The maximum Gasteiger partial charge on any atom is 0.0811 e. The van der Waals surface area contributed by atoms with Crippen molar-refractivity contribution in [3.8, 4) is 0 Å². The second kappa shape index (κ2) is 14.1. The fourth-order valence-electron chi connectivity index (χ4n) is 5.05. The molecule has 0 aliphatic rings. The summed E-state index contributed by atoms with van der Waals surface area (Å²) in [7, 11) is -1.23. The standard InChI is InChI=1S/C38H32N2P2/c1-5-19-34(20-6-1)41(35-21-7-2-8-22-35)30-33-18-15-17-32(40-33)29-39-28-31-16-13-14-27-38(31)42(36-23-9-3-10-24-36)37-25-11-4-12-26-37/h1-27,29H,28,30H2. The van der Waals surface area contributed by atoms with E-state index in [2.05, 4.69) is 158 Å². The molecule has 1 heterocycles. The van der Waals surface area contributed by atoms with Crippen molar-refractivity contribution >= 4 is 48.6 Å². The highest BCUT2D eigenvalue weighted by Crippen LogP contribution is 2.37. The maximum absolute atomic E-state index is 5.02. The molecule has 204 valence electrons. The van der Waals surface area contributed by atoms with Gasteiger partial charge in [-0.1, -0.05) is 152 Å². The van der Waals surface area contributed by atoms with Crippen LogP contribution in [0, 0.1) is 0 Å². The molecule has 0 aliphatic heterocycles. The number of aliphatic imine (C=N–C) groups is 1. The first-order valence-electron chi connectivity index (χ1n) is 14.2. The minimum absolute atomic E-state index is 0.550. The van der Waals surface area contributed by atoms with Gasteiger partial charge in [0, 0.05) is 18.1 Å². The molecule has 0 radical (unpaired) electrons. The Morgan fingerprint density at radius 1 is 0.500 bits per heavy atom. The Balaban J connectivity index is 1.24. The average molecular weight is 579 g/mol. The first-order chi connectivity index (χ1) is 20.8. The number of benzene rings is 5. The number of nitrogens with zero attached hydrogens (tertiary/aromatic N) is 2. The summed E-state index contributed by atoms with van der Waals surface area (Å²) in [5.74, 6) is 0. The van der Waals surface area contributed by atoms with E-state index in [4.69, 9.17) is 9.98 Å². The van der Waals surface area contributed by atoms with Crippen LogP contribution in [0.15, 0.2) is 169 Å². The predicted octanol–water partition coefficient (Wildman–Crippen LogP) is 7.09. The summed E-state index contributed by atoms with van der Waals surface area (Å²) < 4.78 is 0. The molecule has 42 heavy (non-hydrogen) atoms. The largest absolute Gasteiger partial charge is 0.286 e. The van der Waals surface area contributed by atoms with Crippen LogP contribution < -0.4 is 26.5 Å². The molecule has 1 aromatic heterocycles. The van der Waals surface area contributed by atoms with Gasteiger partial charge in [-0.25, -0.2) is 0 Å². The van der Waals surface area contributed by atoms with Crippen LogP contribution in [0.5, 0.6) is 0 Å². The minimum Gasteiger partial charge on any atom is -0.286 e. The van der Waals surface area contributed by atoms with Gasteiger partial charge in [0.05, 0.1) is 12.2 Å². The summed E-state index contributed by atoms with van der Waals surface area (Å²) >= 11 is 0. The van der Waals surface area contributed by atoms with E-state index < -0.39 is 15.8 Å². The van der Waals surface area contributed by atoms with Gasteiger partial charge < -0.3 is 0 Å². The highest BCUT2D eigenvalue weighted by Gasteiger charge is 2.19. The zero-order valence-electron chi connectivity index (χ0n) is 23.4. The van der Waals surface area contributed by atoms with Crippen LogP contribution in [0.25, 0.3) is 0 Å². The molecule has 0 saturated carbocycles. The van der Waals surface area contributed by atoms with Crippen molar-refractivity contribution in [3.63, 3.8) is 0 Å². The summed E-state index contributed by atoms with van der Waals surface area (Å²) in [4.78, 5) is 9.93. The van der Waals surface area contributed by atoms with Gasteiger partial charge >= 0.3 is 0 Å². The molecule has 0 bridgehead atoms. The quantitative estimate of drug-likeness (QED) is 0.126. The van der Waals surface area contributed by atoms with E-state index in [9.17, 15) is 0 Å². The third-order valence-corrected chi connectivity index (χ3v) is 12.1. The van der Waals surface area contributed by atoms with E-state index in [-0.39, 0.29) is 0 Å². The van der Waals surface area contributed by atoms with E-state index in [1.54, 1.807) is 0 Å². The van der Waals surface area contributed by atoms with Crippen molar-refractivity contribution in [2.45, 2.75) is 12.7 Å². The Labute approximate surface area is 251 Å². The molecule has 0 atom stereocenters. The lowest BCUT2D eigenvalue weighted by Gasteiger charge is -2.21. The SMILES string of the molecule is C(=NCc1ccccc1P(c1ccccc1)c1ccccc1)c1cccc(CP(c2ccccc2)c2ccccc2)n1. The fraction of sp³-hybridized carbons (Fsp3) is 0.0526. The highest BCUT2D eigenvalue weighted by atomic mass is 31.1. The third-order valence-electron chi connectivity index (χ3n) is 7.03. The van der Waals surface area contributed by atoms with Crippen LogP contribution >= 0.6 is 15.8 Å². The number of pyridine rings is 1. The number of rotatable bonds is 10. The summed E-state index contributed by atoms with van der Waals surface area (Å²) in [5, 5.41) is 6.77. The molecule has 6 aromatic rings. The van der Waals surface area contributed by atoms with Crippen molar-refractivity contribution in [2.75, 3.05) is 0 Å². The summed E-state index contributed by atoms with van der Waals surface area (Å²) in [6, 6.07) is 58.3. The van der Waals surface area contributed by atoms with E-state index in [1.807, 2.05) is 12.3 Å². The third kappa shape index (κ3) is 6.97. The minimum atomic E-state index is -0.685. The molecule has 0 amide bonds. The predicted molar refractivity (Wildman–Crippen MR) is 183 cm³/mol. The zero-order valence-corrected chi connectivity index (χ0v) is 25.2. The smallest absolute Gasteiger partial charge is 0.0811 e. The van der Waals surface area contributed by atoms with Crippen molar-refractivity contribution in [3.05, 3.63) is 181 Å². The molecular formula is C38H32N2P2. The lowest BCUT2D eigenvalue weighted by atomic mass is 10.2. The lowest BCUT2D eigenvalue weighted by molar-refractivity contribution is 1.08. The molecular weight excluding hydrogens is 546 g/mol. The van der Waals surface area contributed by atoms with E-state index >= 15 is 0 Å². The Morgan fingerprint density at radius 3 is 1.57 bits per heavy atom. The molecule has 6 rings (SSSR count). The van der Waals surface area contributed by atoms with E-state index in [1.165, 1.54) is 32.1 Å². The Kier molecular flexibility index (Phi) is 9.38. The summed E-state index contributed by atoms with van der Waals surface area (Å²) in [5.41, 5.74) is 3.24. The first-order valence-corrected chi connectivity index (χ1v) is 17.0. The van der Waals surface area contributed by atoms with Gasteiger partial charge in [-0.2, -0.15) is 0 Å². The van der Waals surface area contributed by atoms with Crippen LogP contribution in [0.4, 0.5) is 0 Å². The number of hydrogen-bond donors (Lipinski definition) is 0. The Hall–Kier alpha value is -4.22. The van der Waals surface area contributed by atoms with Gasteiger partial charge in [0.2, 0.25) is 0 Å². The van der Waals surface area contributed by atoms with E-state index in [0.29, 0.717) is 6.54 Å². The molecule has 0 spiro atoms. The molecule has 5 aromatic carbocycles. The zero-order chi connectivity index (χ0) is 28.4. The van der Waals surface area contributed by atoms with Crippen molar-refractivity contribution in [1.29, 1.82) is 0 Å². The number of hydrogen-bond acceptors (Lipinski definition) is 2. The summed E-state index contributed by atoms with van der Waals surface area (Å²) in [6.07, 6.45) is 2.83. The Bertz CT molecular complexity index is 1640. The van der Waals surface area contributed by atoms with Crippen LogP contribution in [-0.4, -0.2) is 11.2 Å². The maximum atomic E-state index is 5.02. The second-order valence-electron chi connectivity index (χ2n) is 9.92. The van der Waals surface area contributed by atoms with Gasteiger partial charge in [0.15, 0.2) is 0 Å². The monoisotopic (exact) mass is 578 g/mol. The van der Waals surface area contributed by atoms with Gasteiger partial charge in [0.1, 0.15) is 0 Å². The van der Waals surface area contributed by atoms with Crippen molar-refractivity contribution < 1.29 is 0 Å². The summed E-state index contributed by atoms with van der Waals surface area (Å²) in [6.45, 7) is 0.612. The second-order valence-corrected chi connectivity index (χ2v) is 14.3. The lowest BCUT2D eigenvalue weighted by Crippen LogP contribution is -2.23. The van der Waals surface area contributed by atoms with Crippen LogP contribution in [-0.2, 0) is 12.7 Å². The van der Waals surface area contributed by atoms with Gasteiger partial charge in [0.25, 0.3) is 0 Å². The fourth-order valence-corrected chi connectivity index (χ4v) is 9.74. The normalized spacial score (nSPS) is 11.4. The average Bonchev–Trinajstić information content (AvgIpc) is 3.06. The van der Waals surface area contributed by atoms with E-state index in [0.717, 1.165) is 17.5 Å². The van der Waals surface area contributed by atoms with Crippen LogP contribution in [0.1, 0.15) is 17.0 Å². The molecule has 0 aliphatic carbocycles. The topological polar surface area (TPSA) is 25.2 Å². The molecule has 0 unspecified atom stereocenters. The molecule has 0 fully saturated rings. The van der Waals surface area contributed by atoms with Crippen LogP contribution in [0.3, 0.4) is 0 Å². The number of aromatic nitrogens is 1. The molecule has 4 heteroatoms.